The molecule has 5 nitrogen and oxygen atoms in total. The predicted octanol–water partition coefficient (Wildman–Crippen LogP) is 2.66. The zero-order valence-corrected chi connectivity index (χ0v) is 13.7. The Balaban J connectivity index is 2.01. The van der Waals surface area contributed by atoms with Gasteiger partial charge >= 0.3 is 12.0 Å². The Kier molecular flexibility index (Phi) is 4.22. The van der Waals surface area contributed by atoms with Gasteiger partial charge in [-0.1, -0.05) is 13.8 Å². The molecular weight excluding hydrogens is 268 g/mol. The van der Waals surface area contributed by atoms with Crippen LogP contribution in [0.3, 0.4) is 0 Å². The molecule has 2 heterocycles. The minimum Gasteiger partial charge on any atom is -0.481 e. The Morgan fingerprint density at radius 1 is 1.19 bits per heavy atom. The highest BCUT2D eigenvalue weighted by atomic mass is 16.4. The van der Waals surface area contributed by atoms with Gasteiger partial charge in [0.15, 0.2) is 0 Å². The number of piperidine rings is 1. The van der Waals surface area contributed by atoms with E-state index in [0.717, 1.165) is 38.9 Å². The predicted molar refractivity (Wildman–Crippen MR) is 81.1 cm³/mol. The van der Waals surface area contributed by atoms with Gasteiger partial charge in [-0.15, -0.1) is 0 Å². The summed E-state index contributed by atoms with van der Waals surface area (Å²) in [6.45, 7) is 10.8. The molecule has 0 bridgehead atoms. The zero-order chi connectivity index (χ0) is 15.8. The molecule has 1 atom stereocenters. The molecule has 0 aromatic heterocycles. The summed E-state index contributed by atoms with van der Waals surface area (Å²) in [5.74, 6) is -0.743. The second kappa shape index (κ2) is 5.50. The van der Waals surface area contributed by atoms with Gasteiger partial charge in [0.25, 0.3) is 0 Å². The van der Waals surface area contributed by atoms with Crippen molar-refractivity contribution in [2.45, 2.75) is 47.0 Å². The van der Waals surface area contributed by atoms with Gasteiger partial charge in [0.2, 0.25) is 0 Å². The summed E-state index contributed by atoms with van der Waals surface area (Å²) in [6, 6.07) is 0.0893. The first-order valence-electron chi connectivity index (χ1n) is 7.91. The van der Waals surface area contributed by atoms with Crippen LogP contribution >= 0.6 is 0 Å². The molecule has 0 aliphatic carbocycles. The largest absolute Gasteiger partial charge is 0.481 e. The van der Waals surface area contributed by atoms with Gasteiger partial charge in [-0.25, -0.2) is 4.79 Å². The second-order valence-corrected chi connectivity index (χ2v) is 7.93. The molecule has 2 amide bonds. The third kappa shape index (κ3) is 3.33. The average Bonchev–Trinajstić information content (AvgIpc) is 2.78. The van der Waals surface area contributed by atoms with E-state index in [1.54, 1.807) is 13.8 Å². The fraction of sp³-hybridized carbons (Fsp3) is 0.875. The van der Waals surface area contributed by atoms with E-state index >= 15 is 0 Å². The summed E-state index contributed by atoms with van der Waals surface area (Å²) >= 11 is 0. The van der Waals surface area contributed by atoms with Gasteiger partial charge in [0.1, 0.15) is 0 Å². The number of carbonyl (C=O) groups is 2. The van der Waals surface area contributed by atoms with E-state index in [1.165, 1.54) is 0 Å². The highest BCUT2D eigenvalue weighted by Crippen LogP contribution is 2.35. The number of amides is 2. The molecule has 120 valence electrons. The van der Waals surface area contributed by atoms with E-state index < -0.39 is 11.4 Å². The molecule has 2 aliphatic heterocycles. The van der Waals surface area contributed by atoms with E-state index in [4.69, 9.17) is 0 Å². The van der Waals surface area contributed by atoms with Crippen molar-refractivity contribution in [1.82, 2.24) is 9.80 Å². The minimum absolute atomic E-state index is 0.0308. The number of hydrogen-bond donors (Lipinski definition) is 1. The van der Waals surface area contributed by atoms with Crippen LogP contribution in [0.2, 0.25) is 0 Å². The van der Waals surface area contributed by atoms with Crippen LogP contribution in [0, 0.1) is 16.7 Å². The Morgan fingerprint density at radius 3 is 2.38 bits per heavy atom. The summed E-state index contributed by atoms with van der Waals surface area (Å²) in [4.78, 5) is 27.8. The van der Waals surface area contributed by atoms with E-state index in [2.05, 4.69) is 13.8 Å². The van der Waals surface area contributed by atoms with Gasteiger partial charge in [-0.05, 0) is 44.4 Å². The molecule has 0 aromatic carbocycles. The van der Waals surface area contributed by atoms with Gasteiger partial charge in [-0.2, -0.15) is 0 Å². The lowest BCUT2D eigenvalue weighted by Gasteiger charge is -2.40. The van der Waals surface area contributed by atoms with Crippen molar-refractivity contribution >= 4 is 12.0 Å². The molecule has 2 rings (SSSR count). The lowest BCUT2D eigenvalue weighted by atomic mass is 9.74. The lowest BCUT2D eigenvalue weighted by Crippen LogP contribution is -2.50. The average molecular weight is 296 g/mol. The highest BCUT2D eigenvalue weighted by molar-refractivity contribution is 5.76. The molecule has 2 saturated heterocycles. The third-order valence-corrected chi connectivity index (χ3v) is 5.21. The normalized spacial score (nSPS) is 26.0. The maximum Gasteiger partial charge on any atom is 0.320 e. The van der Waals surface area contributed by atoms with Crippen molar-refractivity contribution in [2.75, 3.05) is 26.2 Å². The van der Waals surface area contributed by atoms with E-state index in [0.29, 0.717) is 6.54 Å². The Labute approximate surface area is 127 Å². The number of hydrogen-bond acceptors (Lipinski definition) is 2. The summed E-state index contributed by atoms with van der Waals surface area (Å²) < 4.78 is 0. The van der Waals surface area contributed by atoms with Gasteiger partial charge in [0, 0.05) is 26.2 Å². The molecule has 1 unspecified atom stereocenters. The van der Waals surface area contributed by atoms with Crippen molar-refractivity contribution in [1.29, 1.82) is 0 Å². The van der Waals surface area contributed by atoms with Crippen LogP contribution in [0.5, 0.6) is 0 Å². The second-order valence-electron chi connectivity index (χ2n) is 7.93. The molecule has 0 saturated carbocycles. The number of carbonyl (C=O) groups excluding carboxylic acids is 1. The highest BCUT2D eigenvalue weighted by Gasteiger charge is 2.41. The van der Waals surface area contributed by atoms with Crippen LogP contribution < -0.4 is 0 Å². The van der Waals surface area contributed by atoms with Crippen LogP contribution in [0.15, 0.2) is 0 Å². The van der Waals surface area contributed by atoms with Crippen LogP contribution in [0.4, 0.5) is 4.79 Å². The number of likely N-dealkylation sites (tertiary alicyclic amines) is 2. The molecule has 2 aliphatic rings. The van der Waals surface area contributed by atoms with Crippen LogP contribution in [-0.2, 0) is 4.79 Å². The number of carboxylic acid groups (broad SMARTS) is 1. The van der Waals surface area contributed by atoms with Crippen LogP contribution in [0.25, 0.3) is 0 Å². The van der Waals surface area contributed by atoms with Crippen molar-refractivity contribution in [3.63, 3.8) is 0 Å². The summed E-state index contributed by atoms with van der Waals surface area (Å²) in [5, 5.41) is 9.38. The van der Waals surface area contributed by atoms with Gasteiger partial charge < -0.3 is 14.9 Å². The molecule has 0 aromatic rings. The molecule has 1 N–H and O–H groups in total. The Hall–Kier alpha value is -1.26. The molecule has 5 heteroatoms. The standard InChI is InChI=1S/C16H28N2O3/c1-15(2)7-9-18(11-15)14(21)17-8-5-6-12(10-17)16(3,4)13(19)20/h12H,5-11H2,1-4H3,(H,19,20). The SMILES string of the molecule is CC1(C)CCN(C(=O)N2CCCC(C(C)(C)C(=O)O)C2)C1. The summed E-state index contributed by atoms with van der Waals surface area (Å²) in [6.07, 6.45) is 2.82. The molecular formula is C16H28N2O3. The fourth-order valence-corrected chi connectivity index (χ4v) is 3.39. The van der Waals surface area contributed by atoms with Crippen molar-refractivity contribution < 1.29 is 14.7 Å². The molecule has 0 spiro atoms. The van der Waals surface area contributed by atoms with E-state index in [1.807, 2.05) is 9.80 Å². The molecule has 0 radical (unpaired) electrons. The van der Waals surface area contributed by atoms with Crippen molar-refractivity contribution in [3.05, 3.63) is 0 Å². The third-order valence-electron chi connectivity index (χ3n) is 5.21. The van der Waals surface area contributed by atoms with E-state index in [-0.39, 0.29) is 17.4 Å². The maximum atomic E-state index is 12.6. The zero-order valence-electron chi connectivity index (χ0n) is 13.7. The first-order valence-corrected chi connectivity index (χ1v) is 7.91. The van der Waals surface area contributed by atoms with E-state index in [9.17, 15) is 14.7 Å². The van der Waals surface area contributed by atoms with Crippen LogP contribution in [-0.4, -0.2) is 53.1 Å². The van der Waals surface area contributed by atoms with Crippen molar-refractivity contribution in [2.24, 2.45) is 16.7 Å². The monoisotopic (exact) mass is 296 g/mol. The Bertz CT molecular complexity index is 431. The first-order chi connectivity index (χ1) is 9.63. The maximum absolute atomic E-state index is 12.6. The Morgan fingerprint density at radius 2 is 1.86 bits per heavy atom. The van der Waals surface area contributed by atoms with Gasteiger partial charge in [0.05, 0.1) is 5.41 Å². The number of nitrogens with zero attached hydrogens (tertiary/aromatic N) is 2. The number of rotatable bonds is 2. The topological polar surface area (TPSA) is 60.9 Å². The number of carboxylic acids is 1. The number of aliphatic carboxylic acids is 1. The summed E-state index contributed by atoms with van der Waals surface area (Å²) in [5.41, 5.74) is -0.575. The van der Waals surface area contributed by atoms with Crippen molar-refractivity contribution in [3.8, 4) is 0 Å². The lowest BCUT2D eigenvalue weighted by molar-refractivity contribution is -0.151. The number of urea groups is 1. The quantitative estimate of drug-likeness (QED) is 0.852. The molecule has 21 heavy (non-hydrogen) atoms. The van der Waals surface area contributed by atoms with Gasteiger partial charge in [-0.3, -0.25) is 4.79 Å². The smallest absolute Gasteiger partial charge is 0.320 e. The fourth-order valence-electron chi connectivity index (χ4n) is 3.39. The molecule has 2 fully saturated rings. The minimum atomic E-state index is -0.775. The van der Waals surface area contributed by atoms with Crippen LogP contribution in [0.1, 0.15) is 47.0 Å². The summed E-state index contributed by atoms with van der Waals surface area (Å²) in [7, 11) is 0. The first kappa shape index (κ1) is 16.1.